The van der Waals surface area contributed by atoms with E-state index in [9.17, 15) is 4.79 Å². The van der Waals surface area contributed by atoms with Gasteiger partial charge in [0, 0.05) is 12.0 Å². The molecule has 2 saturated carbocycles. The number of ketones is 1. The Morgan fingerprint density at radius 3 is 2.80 bits per heavy atom. The number of allylic oxidation sites excluding steroid dienone is 2. The lowest BCUT2D eigenvalue weighted by atomic mass is 9.48. The van der Waals surface area contributed by atoms with Crippen LogP contribution in [-0.2, 0) is 4.79 Å². The van der Waals surface area contributed by atoms with Crippen LogP contribution in [-0.4, -0.2) is 17.9 Å². The predicted molar refractivity (Wildman–Crippen MR) is 80.4 cm³/mol. The first-order valence-electron chi connectivity index (χ1n) is 8.52. The molecule has 3 aliphatic carbocycles. The van der Waals surface area contributed by atoms with Gasteiger partial charge in [0.25, 0.3) is 0 Å². The molecule has 0 spiro atoms. The average Bonchev–Trinajstić information content (AvgIpc) is 2.81. The van der Waals surface area contributed by atoms with E-state index in [1.54, 1.807) is 0 Å². The van der Waals surface area contributed by atoms with Crippen LogP contribution >= 0.6 is 0 Å². The van der Waals surface area contributed by atoms with Crippen LogP contribution in [0.3, 0.4) is 0 Å². The molecular formula is C18H27NO. The summed E-state index contributed by atoms with van der Waals surface area (Å²) >= 11 is 0. The molecule has 1 heterocycles. The van der Waals surface area contributed by atoms with Gasteiger partial charge in [0.05, 0.1) is 0 Å². The van der Waals surface area contributed by atoms with Crippen LogP contribution in [0.25, 0.3) is 0 Å². The third-order valence-corrected chi connectivity index (χ3v) is 7.34. The van der Waals surface area contributed by atoms with Crippen molar-refractivity contribution < 1.29 is 4.79 Å². The van der Waals surface area contributed by atoms with Crippen LogP contribution in [0.1, 0.15) is 58.8 Å². The minimum absolute atomic E-state index is 0.334. The standard InChI is InChI=1S/C18H27NO/c1-17-8-5-13(20)11-12(17)3-4-14-15(17)6-9-18(2)16(14)7-10-19-18/h11,14-16,19H,3-10H2,1-2H3/t14-,15-,16+,17+,18+/m1/s1. The maximum absolute atomic E-state index is 11.8. The van der Waals surface area contributed by atoms with E-state index in [2.05, 4.69) is 19.2 Å². The Morgan fingerprint density at radius 2 is 1.95 bits per heavy atom. The lowest BCUT2D eigenvalue weighted by Gasteiger charge is -2.57. The molecule has 3 fully saturated rings. The van der Waals surface area contributed by atoms with Gasteiger partial charge in [-0.25, -0.2) is 0 Å². The molecule has 1 saturated heterocycles. The topological polar surface area (TPSA) is 29.1 Å². The van der Waals surface area contributed by atoms with Gasteiger partial charge in [0.2, 0.25) is 0 Å². The normalized spacial score (nSPS) is 51.0. The lowest BCUT2D eigenvalue weighted by molar-refractivity contribution is -0.117. The molecule has 0 bridgehead atoms. The maximum Gasteiger partial charge on any atom is 0.155 e. The zero-order valence-corrected chi connectivity index (χ0v) is 12.9. The van der Waals surface area contributed by atoms with Crippen LogP contribution in [0.4, 0.5) is 0 Å². The van der Waals surface area contributed by atoms with Gasteiger partial charge >= 0.3 is 0 Å². The molecule has 4 aliphatic rings. The van der Waals surface area contributed by atoms with E-state index in [0.717, 1.165) is 30.6 Å². The number of nitrogens with one attached hydrogen (secondary N) is 1. The Hall–Kier alpha value is -0.630. The van der Waals surface area contributed by atoms with Crippen molar-refractivity contribution in [1.29, 1.82) is 0 Å². The minimum Gasteiger partial charge on any atom is -0.311 e. The first-order chi connectivity index (χ1) is 9.53. The van der Waals surface area contributed by atoms with Crippen LogP contribution in [0, 0.1) is 23.2 Å². The first kappa shape index (κ1) is 13.1. The van der Waals surface area contributed by atoms with Crippen molar-refractivity contribution >= 4 is 5.78 Å². The molecule has 1 N–H and O–H groups in total. The van der Waals surface area contributed by atoms with Gasteiger partial charge in [-0.3, -0.25) is 4.79 Å². The molecule has 110 valence electrons. The average molecular weight is 273 g/mol. The number of carbonyl (C=O) groups is 1. The first-order valence-corrected chi connectivity index (χ1v) is 8.52. The summed E-state index contributed by atoms with van der Waals surface area (Å²) in [4.78, 5) is 11.8. The molecule has 20 heavy (non-hydrogen) atoms. The van der Waals surface area contributed by atoms with Crippen LogP contribution in [0.5, 0.6) is 0 Å². The number of fused-ring (bicyclic) bond motifs is 5. The van der Waals surface area contributed by atoms with E-state index in [1.807, 2.05) is 6.08 Å². The second-order valence-electron chi connectivity index (χ2n) is 8.14. The fraction of sp³-hybridized carbons (Fsp3) is 0.833. The third-order valence-electron chi connectivity index (χ3n) is 7.34. The van der Waals surface area contributed by atoms with E-state index in [1.165, 1.54) is 44.2 Å². The van der Waals surface area contributed by atoms with Crippen molar-refractivity contribution in [3.63, 3.8) is 0 Å². The highest BCUT2D eigenvalue weighted by molar-refractivity contribution is 5.91. The van der Waals surface area contributed by atoms with E-state index in [4.69, 9.17) is 0 Å². The number of rotatable bonds is 0. The lowest BCUT2D eigenvalue weighted by Crippen LogP contribution is -2.55. The summed E-state index contributed by atoms with van der Waals surface area (Å²) in [7, 11) is 0. The Labute approximate surface area is 122 Å². The second-order valence-corrected chi connectivity index (χ2v) is 8.14. The van der Waals surface area contributed by atoms with Crippen molar-refractivity contribution in [3.05, 3.63) is 11.6 Å². The van der Waals surface area contributed by atoms with E-state index < -0.39 is 0 Å². The van der Waals surface area contributed by atoms with Gasteiger partial charge in [-0.1, -0.05) is 12.5 Å². The number of hydrogen-bond acceptors (Lipinski definition) is 2. The second kappa shape index (κ2) is 4.19. The monoisotopic (exact) mass is 273 g/mol. The fourth-order valence-electron chi connectivity index (χ4n) is 6.14. The van der Waals surface area contributed by atoms with Crippen molar-refractivity contribution in [1.82, 2.24) is 5.32 Å². The fourth-order valence-corrected chi connectivity index (χ4v) is 6.14. The Morgan fingerprint density at radius 1 is 1.10 bits per heavy atom. The van der Waals surface area contributed by atoms with Gasteiger partial charge < -0.3 is 5.32 Å². The molecule has 2 nitrogen and oxygen atoms in total. The molecule has 0 aromatic rings. The highest BCUT2D eigenvalue weighted by Gasteiger charge is 2.56. The molecule has 2 heteroatoms. The zero-order chi connectivity index (χ0) is 14.0. The summed E-state index contributed by atoms with van der Waals surface area (Å²) in [6.45, 7) is 6.13. The summed E-state index contributed by atoms with van der Waals surface area (Å²) in [6.07, 6.45) is 10.4. The number of hydrogen-bond donors (Lipinski definition) is 1. The van der Waals surface area contributed by atoms with Crippen molar-refractivity contribution in [2.75, 3.05) is 6.54 Å². The quantitative estimate of drug-likeness (QED) is 0.732. The summed E-state index contributed by atoms with van der Waals surface area (Å²) in [6, 6.07) is 0. The Bertz CT molecular complexity index is 482. The third kappa shape index (κ3) is 1.63. The highest BCUT2D eigenvalue weighted by Crippen LogP contribution is 2.60. The van der Waals surface area contributed by atoms with E-state index in [0.29, 0.717) is 16.7 Å². The SMILES string of the molecule is C[C@]12CCC(=O)C=C1CC[C@@H]1[C@H]2CC[C@]2(C)NCC[C@@H]12. The summed E-state index contributed by atoms with van der Waals surface area (Å²) < 4.78 is 0. The van der Waals surface area contributed by atoms with Gasteiger partial charge in [0.15, 0.2) is 5.78 Å². The highest BCUT2D eigenvalue weighted by atomic mass is 16.1. The van der Waals surface area contributed by atoms with E-state index in [-0.39, 0.29) is 0 Å². The largest absolute Gasteiger partial charge is 0.311 e. The summed E-state index contributed by atoms with van der Waals surface area (Å²) in [5, 5.41) is 3.79. The molecule has 0 radical (unpaired) electrons. The molecule has 4 rings (SSSR count). The molecule has 0 unspecified atom stereocenters. The van der Waals surface area contributed by atoms with Gasteiger partial charge in [-0.05, 0) is 81.2 Å². The molecule has 0 aromatic carbocycles. The van der Waals surface area contributed by atoms with Gasteiger partial charge in [0.1, 0.15) is 0 Å². The maximum atomic E-state index is 11.8. The van der Waals surface area contributed by atoms with Crippen LogP contribution < -0.4 is 5.32 Å². The molecule has 0 aromatic heterocycles. The number of carbonyl (C=O) groups excluding carboxylic acids is 1. The summed E-state index contributed by atoms with van der Waals surface area (Å²) in [5.74, 6) is 2.96. The van der Waals surface area contributed by atoms with Crippen molar-refractivity contribution in [2.45, 2.75) is 64.3 Å². The van der Waals surface area contributed by atoms with Crippen molar-refractivity contribution in [3.8, 4) is 0 Å². The molecular weight excluding hydrogens is 246 g/mol. The Balaban J connectivity index is 1.69. The minimum atomic E-state index is 0.334. The van der Waals surface area contributed by atoms with Gasteiger partial charge in [-0.15, -0.1) is 0 Å². The predicted octanol–water partition coefficient (Wildman–Crippen LogP) is 3.47. The van der Waals surface area contributed by atoms with E-state index >= 15 is 0 Å². The Kier molecular flexibility index (Phi) is 2.74. The van der Waals surface area contributed by atoms with Gasteiger partial charge in [-0.2, -0.15) is 0 Å². The molecule has 5 atom stereocenters. The van der Waals surface area contributed by atoms with Crippen LogP contribution in [0.15, 0.2) is 11.6 Å². The van der Waals surface area contributed by atoms with Crippen LogP contribution in [0.2, 0.25) is 0 Å². The summed E-state index contributed by atoms with van der Waals surface area (Å²) in [5.41, 5.74) is 2.23. The molecule has 0 amide bonds. The van der Waals surface area contributed by atoms with Crippen molar-refractivity contribution in [2.24, 2.45) is 23.2 Å². The zero-order valence-electron chi connectivity index (χ0n) is 12.9. The smallest absolute Gasteiger partial charge is 0.155 e. The molecule has 1 aliphatic heterocycles.